The lowest BCUT2D eigenvalue weighted by Crippen LogP contribution is -2.33. The predicted molar refractivity (Wildman–Crippen MR) is 108 cm³/mol. The number of carbonyl (C=O) groups is 1. The van der Waals surface area contributed by atoms with E-state index in [1.54, 1.807) is 11.3 Å². The van der Waals surface area contributed by atoms with Gasteiger partial charge < -0.3 is 14.6 Å². The van der Waals surface area contributed by atoms with Crippen molar-refractivity contribution in [3.63, 3.8) is 0 Å². The zero-order valence-electron chi connectivity index (χ0n) is 14.6. The van der Waals surface area contributed by atoms with Crippen LogP contribution in [0, 0.1) is 0 Å². The summed E-state index contributed by atoms with van der Waals surface area (Å²) in [6.07, 6.45) is 1.77. The summed E-state index contributed by atoms with van der Waals surface area (Å²) in [6.45, 7) is 0. The molecule has 132 valence electrons. The molecule has 0 bridgehead atoms. The van der Waals surface area contributed by atoms with Crippen LogP contribution in [0.1, 0.15) is 11.1 Å². The molecule has 2 aromatic heterocycles. The summed E-state index contributed by atoms with van der Waals surface area (Å²) in [6, 6.07) is 16.5. The molecule has 2 aliphatic rings. The number of aromatic nitrogens is 1. The van der Waals surface area contributed by atoms with Crippen molar-refractivity contribution >= 4 is 49.4 Å². The smallest absolute Gasteiger partial charge is 0.254 e. The van der Waals surface area contributed by atoms with Crippen molar-refractivity contribution in [3.05, 3.63) is 71.2 Å². The Morgan fingerprint density at radius 1 is 1.04 bits per heavy atom. The molecule has 1 N–H and O–H groups in total. The van der Waals surface area contributed by atoms with Gasteiger partial charge in [-0.25, -0.2) is 0 Å². The van der Waals surface area contributed by atoms with E-state index in [4.69, 9.17) is 4.74 Å². The van der Waals surface area contributed by atoms with E-state index in [1.165, 1.54) is 10.1 Å². The Morgan fingerprint density at radius 3 is 2.70 bits per heavy atom. The minimum atomic E-state index is -0.204. The van der Waals surface area contributed by atoms with E-state index >= 15 is 0 Å². The van der Waals surface area contributed by atoms with Crippen LogP contribution in [-0.2, 0) is 16.6 Å². The van der Waals surface area contributed by atoms with Crippen LogP contribution < -0.4 is 5.32 Å². The molecule has 2 aromatic carbocycles. The van der Waals surface area contributed by atoms with E-state index in [0.717, 1.165) is 33.2 Å². The minimum Gasteiger partial charge on any atom is -0.350 e. The van der Waals surface area contributed by atoms with E-state index in [1.807, 2.05) is 31.3 Å². The number of carbonyl (C=O) groups excluding carboxylic acids is 1. The second-order valence-corrected chi connectivity index (χ2v) is 7.97. The van der Waals surface area contributed by atoms with Gasteiger partial charge in [0.25, 0.3) is 5.91 Å². The molecule has 1 saturated heterocycles. The fourth-order valence-electron chi connectivity index (χ4n) is 4.19. The van der Waals surface area contributed by atoms with E-state index in [-0.39, 0.29) is 18.2 Å². The zero-order chi connectivity index (χ0) is 18.1. The molecule has 4 heterocycles. The summed E-state index contributed by atoms with van der Waals surface area (Å²) in [4.78, 5) is 13.1. The first-order valence-electron chi connectivity index (χ1n) is 8.94. The molecule has 0 radical (unpaired) electrons. The number of ether oxygens (including phenoxy) is 1. The van der Waals surface area contributed by atoms with Gasteiger partial charge in [-0.2, -0.15) is 0 Å². The van der Waals surface area contributed by atoms with Crippen LogP contribution in [0.25, 0.3) is 32.1 Å². The molecule has 2 atom stereocenters. The summed E-state index contributed by atoms with van der Waals surface area (Å²) in [5, 5.41) is 7.41. The molecule has 4 aromatic rings. The maximum Gasteiger partial charge on any atom is 0.254 e. The summed E-state index contributed by atoms with van der Waals surface area (Å²) in [5.41, 5.74) is 4.93. The van der Waals surface area contributed by atoms with Crippen LogP contribution in [0.5, 0.6) is 0 Å². The summed E-state index contributed by atoms with van der Waals surface area (Å²) in [7, 11) is 2.02. The highest BCUT2D eigenvalue weighted by Crippen LogP contribution is 2.47. The highest BCUT2D eigenvalue weighted by Gasteiger charge is 2.50. The number of rotatable bonds is 2. The molecule has 1 unspecified atom stereocenters. The standard InChI is InChI=1S/C22H16N2O2S/c1-24-10-14(12-6-2-4-8-16(12)24)19-18(20-22(26-20)23-21(19)25)15-11-27-17-9-5-3-7-13(15)17/h2-11,20,22H,1H3,(H,23,25)/t20?,22-/m0/s1. The van der Waals surface area contributed by atoms with Crippen molar-refractivity contribution in [1.82, 2.24) is 9.88 Å². The number of thiophene rings is 1. The Bertz CT molecular complexity index is 1280. The number of hydrogen-bond acceptors (Lipinski definition) is 3. The highest BCUT2D eigenvalue weighted by molar-refractivity contribution is 7.17. The van der Waals surface area contributed by atoms with Crippen molar-refractivity contribution < 1.29 is 9.53 Å². The number of fused-ring (bicyclic) bond motifs is 3. The van der Waals surface area contributed by atoms with Crippen LogP contribution in [-0.4, -0.2) is 22.8 Å². The average molecular weight is 372 g/mol. The number of nitrogens with zero attached hydrogens (tertiary/aromatic N) is 1. The molecule has 5 heteroatoms. The molecule has 27 heavy (non-hydrogen) atoms. The van der Waals surface area contributed by atoms with Gasteiger partial charge in [0, 0.05) is 45.4 Å². The Labute approximate surface area is 159 Å². The minimum absolute atomic E-state index is 0.0598. The number of para-hydroxylation sites is 1. The normalized spacial score (nSPS) is 21.6. The Kier molecular flexibility index (Phi) is 2.99. The fraction of sp³-hybridized carbons (Fsp3) is 0.136. The number of hydrogen-bond donors (Lipinski definition) is 1. The van der Waals surface area contributed by atoms with Crippen molar-refractivity contribution in [1.29, 1.82) is 0 Å². The molecule has 0 aliphatic carbocycles. The Morgan fingerprint density at radius 2 is 1.81 bits per heavy atom. The number of epoxide rings is 1. The second-order valence-electron chi connectivity index (χ2n) is 7.06. The van der Waals surface area contributed by atoms with E-state index < -0.39 is 0 Å². The Balaban J connectivity index is 1.70. The number of nitrogens with one attached hydrogen (secondary N) is 1. The van der Waals surface area contributed by atoms with Gasteiger partial charge in [0.15, 0.2) is 6.23 Å². The lowest BCUT2D eigenvalue weighted by molar-refractivity contribution is -0.116. The monoisotopic (exact) mass is 372 g/mol. The zero-order valence-corrected chi connectivity index (χ0v) is 15.4. The highest BCUT2D eigenvalue weighted by atomic mass is 32.1. The van der Waals surface area contributed by atoms with Gasteiger partial charge in [0.2, 0.25) is 0 Å². The maximum absolute atomic E-state index is 13.1. The van der Waals surface area contributed by atoms with Gasteiger partial charge >= 0.3 is 0 Å². The predicted octanol–water partition coefficient (Wildman–Crippen LogP) is 4.16. The quantitative estimate of drug-likeness (QED) is 0.537. The van der Waals surface area contributed by atoms with Crippen LogP contribution in [0.3, 0.4) is 0 Å². The van der Waals surface area contributed by atoms with Crippen LogP contribution in [0.4, 0.5) is 0 Å². The van der Waals surface area contributed by atoms with Crippen LogP contribution >= 0.6 is 11.3 Å². The molecule has 1 amide bonds. The van der Waals surface area contributed by atoms with Gasteiger partial charge in [0.05, 0.1) is 5.57 Å². The number of amides is 1. The van der Waals surface area contributed by atoms with Crippen LogP contribution in [0.2, 0.25) is 0 Å². The Hall–Kier alpha value is -2.89. The first-order valence-corrected chi connectivity index (χ1v) is 9.82. The van der Waals surface area contributed by atoms with Crippen molar-refractivity contribution in [3.8, 4) is 0 Å². The topological polar surface area (TPSA) is 46.6 Å². The second kappa shape index (κ2) is 5.31. The lowest BCUT2D eigenvalue weighted by Gasteiger charge is -2.17. The largest absolute Gasteiger partial charge is 0.350 e. The lowest BCUT2D eigenvalue weighted by atomic mass is 9.89. The van der Waals surface area contributed by atoms with Gasteiger partial charge in [-0.3, -0.25) is 4.79 Å². The average Bonchev–Trinajstić information content (AvgIpc) is 3.20. The molecule has 0 spiro atoms. The molecule has 0 saturated carbocycles. The molecule has 1 fully saturated rings. The van der Waals surface area contributed by atoms with Crippen molar-refractivity contribution in [2.24, 2.45) is 7.05 Å². The van der Waals surface area contributed by atoms with Gasteiger partial charge in [-0.1, -0.05) is 36.4 Å². The van der Waals surface area contributed by atoms with Gasteiger partial charge in [0.1, 0.15) is 6.10 Å². The number of benzene rings is 2. The van der Waals surface area contributed by atoms with Gasteiger partial charge in [-0.05, 0) is 23.1 Å². The SMILES string of the molecule is Cn1cc(C2=C(c3csc4ccccc34)C3O[C@@H]3NC2=O)c2ccccc21. The third-order valence-corrected chi connectivity index (χ3v) is 6.45. The van der Waals surface area contributed by atoms with Crippen molar-refractivity contribution in [2.75, 3.05) is 0 Å². The third-order valence-electron chi connectivity index (χ3n) is 5.48. The molecule has 2 aliphatic heterocycles. The van der Waals surface area contributed by atoms with E-state index in [9.17, 15) is 4.79 Å². The molecule has 4 nitrogen and oxygen atoms in total. The molecule has 6 rings (SSSR count). The molecular formula is C22H16N2O2S. The van der Waals surface area contributed by atoms with E-state index in [0.29, 0.717) is 0 Å². The van der Waals surface area contributed by atoms with Gasteiger partial charge in [-0.15, -0.1) is 11.3 Å². The van der Waals surface area contributed by atoms with E-state index in [2.05, 4.69) is 45.7 Å². The fourth-order valence-corrected chi connectivity index (χ4v) is 5.15. The molecular weight excluding hydrogens is 356 g/mol. The summed E-state index contributed by atoms with van der Waals surface area (Å²) in [5.74, 6) is -0.0598. The first-order chi connectivity index (χ1) is 13.2. The summed E-state index contributed by atoms with van der Waals surface area (Å²) < 4.78 is 9.11. The van der Waals surface area contributed by atoms with Crippen LogP contribution in [0.15, 0.2) is 60.1 Å². The van der Waals surface area contributed by atoms with Crippen molar-refractivity contribution in [2.45, 2.75) is 12.3 Å². The number of aryl methyl sites for hydroxylation is 1. The first kappa shape index (κ1) is 15.2. The maximum atomic E-state index is 13.1. The summed E-state index contributed by atoms with van der Waals surface area (Å²) >= 11 is 1.71. The third kappa shape index (κ3) is 2.10.